The molecule has 0 saturated heterocycles. The van der Waals surface area contributed by atoms with Crippen molar-refractivity contribution < 1.29 is 48.9 Å². The maximum atomic E-state index is 10.0. The molecule has 5 heteroatoms. The Morgan fingerprint density at radius 2 is 1.69 bits per heavy atom. The molecule has 0 N–H and O–H groups in total. The number of hydrogen-bond acceptors (Lipinski definition) is 4. The molecule has 0 atom stereocenters. The van der Waals surface area contributed by atoms with Gasteiger partial charge in [-0.2, -0.15) is 0 Å². The van der Waals surface area contributed by atoms with Crippen molar-refractivity contribution in [3.8, 4) is 0 Å². The zero-order valence-corrected chi connectivity index (χ0v) is 10.7. The van der Waals surface area contributed by atoms with Gasteiger partial charge in [-0.25, -0.2) is 0 Å². The van der Waals surface area contributed by atoms with Crippen molar-refractivity contribution in [1.29, 1.82) is 0 Å². The standard InChI is InChI=1S/C8H17O4.Na/c1-3-11-8(12-4-2)7-10-6-5-9;/h8H,3-7H2,1-2H3;/q-1;+1. The van der Waals surface area contributed by atoms with Gasteiger partial charge in [0.05, 0.1) is 6.61 Å². The third-order valence-corrected chi connectivity index (χ3v) is 1.19. The molecule has 0 aliphatic rings. The number of hydrogen-bond donors (Lipinski definition) is 0. The van der Waals surface area contributed by atoms with E-state index in [1.165, 1.54) is 0 Å². The van der Waals surface area contributed by atoms with Crippen LogP contribution in [-0.2, 0) is 14.2 Å². The molecular weight excluding hydrogens is 183 g/mol. The zero-order chi connectivity index (χ0) is 9.23. The van der Waals surface area contributed by atoms with E-state index in [-0.39, 0.29) is 49.1 Å². The van der Waals surface area contributed by atoms with Crippen molar-refractivity contribution in [2.45, 2.75) is 20.1 Å². The fraction of sp³-hybridized carbons (Fsp3) is 1.00. The number of ether oxygens (including phenoxy) is 3. The normalized spacial score (nSPS) is 10.2. The van der Waals surface area contributed by atoms with E-state index < -0.39 is 0 Å². The van der Waals surface area contributed by atoms with Gasteiger partial charge in [-0.1, -0.05) is 0 Å². The van der Waals surface area contributed by atoms with Crippen LogP contribution in [0.1, 0.15) is 13.8 Å². The van der Waals surface area contributed by atoms with E-state index >= 15 is 0 Å². The first-order valence-corrected chi connectivity index (χ1v) is 4.24. The molecular formula is C8H17NaO4. The minimum absolute atomic E-state index is 0. The topological polar surface area (TPSA) is 50.8 Å². The Balaban J connectivity index is 0. The van der Waals surface area contributed by atoms with Crippen LogP contribution in [0.15, 0.2) is 0 Å². The Morgan fingerprint density at radius 3 is 2.08 bits per heavy atom. The molecule has 0 aromatic rings. The average molecular weight is 200 g/mol. The van der Waals surface area contributed by atoms with Crippen LogP contribution in [-0.4, -0.2) is 39.3 Å². The quantitative estimate of drug-likeness (QED) is 0.235. The Labute approximate surface area is 102 Å². The molecule has 0 saturated carbocycles. The van der Waals surface area contributed by atoms with Crippen LogP contribution >= 0.6 is 0 Å². The van der Waals surface area contributed by atoms with Crippen LogP contribution in [0.25, 0.3) is 0 Å². The molecule has 0 bridgehead atoms. The van der Waals surface area contributed by atoms with Crippen LogP contribution in [0.2, 0.25) is 0 Å². The summed E-state index contributed by atoms with van der Waals surface area (Å²) in [6.45, 7) is 5.29. The van der Waals surface area contributed by atoms with Gasteiger partial charge < -0.3 is 19.3 Å². The van der Waals surface area contributed by atoms with E-state index in [0.717, 1.165) is 0 Å². The van der Waals surface area contributed by atoms with Crippen LogP contribution in [0.3, 0.4) is 0 Å². The van der Waals surface area contributed by atoms with Crippen molar-refractivity contribution in [2.24, 2.45) is 0 Å². The first kappa shape index (κ1) is 16.3. The SMILES string of the molecule is CCOC(COCC[O-])OCC.[Na+]. The van der Waals surface area contributed by atoms with Gasteiger partial charge in [-0.15, -0.1) is 6.61 Å². The summed E-state index contributed by atoms with van der Waals surface area (Å²) in [5.41, 5.74) is 0. The molecule has 0 unspecified atom stereocenters. The molecule has 0 radical (unpaired) electrons. The third-order valence-electron chi connectivity index (χ3n) is 1.19. The van der Waals surface area contributed by atoms with E-state index in [0.29, 0.717) is 19.8 Å². The predicted molar refractivity (Wildman–Crippen MR) is 42.7 cm³/mol. The van der Waals surface area contributed by atoms with Gasteiger partial charge in [-0.05, 0) is 13.8 Å². The van der Waals surface area contributed by atoms with Gasteiger partial charge in [0, 0.05) is 19.8 Å². The second-order valence-corrected chi connectivity index (χ2v) is 2.12. The predicted octanol–water partition coefficient (Wildman–Crippen LogP) is -3.23. The summed E-state index contributed by atoms with van der Waals surface area (Å²) in [6, 6.07) is 0. The molecule has 0 amide bonds. The summed E-state index contributed by atoms with van der Waals surface area (Å²) in [7, 11) is 0. The third kappa shape index (κ3) is 10.8. The minimum Gasteiger partial charge on any atom is -0.853 e. The van der Waals surface area contributed by atoms with Crippen LogP contribution in [0.5, 0.6) is 0 Å². The van der Waals surface area contributed by atoms with E-state index in [1.807, 2.05) is 13.8 Å². The Kier molecular flexibility index (Phi) is 16.1. The van der Waals surface area contributed by atoms with E-state index in [9.17, 15) is 5.11 Å². The van der Waals surface area contributed by atoms with Crippen molar-refractivity contribution in [3.05, 3.63) is 0 Å². The minimum atomic E-state index is -0.327. The summed E-state index contributed by atoms with van der Waals surface area (Å²) >= 11 is 0. The first-order chi connectivity index (χ1) is 5.85. The molecule has 0 aliphatic heterocycles. The summed E-state index contributed by atoms with van der Waals surface area (Å²) in [6.07, 6.45) is -0.327. The van der Waals surface area contributed by atoms with E-state index in [2.05, 4.69) is 0 Å². The van der Waals surface area contributed by atoms with Crippen molar-refractivity contribution >= 4 is 0 Å². The van der Waals surface area contributed by atoms with Gasteiger partial charge in [0.2, 0.25) is 0 Å². The summed E-state index contributed by atoms with van der Waals surface area (Å²) < 4.78 is 15.3. The van der Waals surface area contributed by atoms with Crippen LogP contribution in [0.4, 0.5) is 0 Å². The molecule has 4 nitrogen and oxygen atoms in total. The molecule has 74 valence electrons. The maximum Gasteiger partial charge on any atom is 1.00 e. The fourth-order valence-corrected chi connectivity index (χ4v) is 0.755. The second-order valence-electron chi connectivity index (χ2n) is 2.12. The van der Waals surface area contributed by atoms with Crippen LogP contribution < -0.4 is 34.7 Å². The Hall–Kier alpha value is 0.840. The van der Waals surface area contributed by atoms with Gasteiger partial charge in [0.25, 0.3) is 0 Å². The largest absolute Gasteiger partial charge is 1.00 e. The van der Waals surface area contributed by atoms with Crippen molar-refractivity contribution in [1.82, 2.24) is 0 Å². The molecule has 0 fully saturated rings. The molecule has 0 spiro atoms. The van der Waals surface area contributed by atoms with Crippen molar-refractivity contribution in [2.75, 3.05) is 33.0 Å². The fourth-order valence-electron chi connectivity index (χ4n) is 0.755. The molecule has 0 aromatic carbocycles. The number of rotatable bonds is 8. The summed E-state index contributed by atoms with van der Waals surface area (Å²) in [4.78, 5) is 0. The maximum absolute atomic E-state index is 10.0. The zero-order valence-electron chi connectivity index (χ0n) is 8.75. The smallest absolute Gasteiger partial charge is 0.853 e. The van der Waals surface area contributed by atoms with E-state index in [1.54, 1.807) is 0 Å². The van der Waals surface area contributed by atoms with Gasteiger partial charge in [0.1, 0.15) is 0 Å². The molecule has 13 heavy (non-hydrogen) atoms. The van der Waals surface area contributed by atoms with Crippen LogP contribution in [0, 0.1) is 0 Å². The summed E-state index contributed by atoms with van der Waals surface area (Å²) in [5.74, 6) is 0. The Morgan fingerprint density at radius 1 is 1.15 bits per heavy atom. The van der Waals surface area contributed by atoms with Crippen molar-refractivity contribution in [3.63, 3.8) is 0 Å². The van der Waals surface area contributed by atoms with Gasteiger partial charge in [-0.3, -0.25) is 0 Å². The molecule has 0 aromatic heterocycles. The average Bonchev–Trinajstić information content (AvgIpc) is 2.06. The van der Waals surface area contributed by atoms with Gasteiger partial charge in [0.15, 0.2) is 6.29 Å². The summed E-state index contributed by atoms with van der Waals surface area (Å²) in [5, 5.41) is 10.0. The molecule has 0 aliphatic carbocycles. The molecule has 0 rings (SSSR count). The monoisotopic (exact) mass is 200 g/mol. The first-order valence-electron chi connectivity index (χ1n) is 4.24. The molecule has 0 heterocycles. The van der Waals surface area contributed by atoms with Gasteiger partial charge >= 0.3 is 29.6 Å². The van der Waals surface area contributed by atoms with E-state index in [4.69, 9.17) is 14.2 Å². The Bertz CT molecular complexity index is 86.2. The second kappa shape index (κ2) is 12.8.